The average Bonchev–Trinajstić information content (AvgIpc) is 2.25. The van der Waals surface area contributed by atoms with Gasteiger partial charge in [0.15, 0.2) is 0 Å². The first-order chi connectivity index (χ1) is 8.18. The molecule has 0 aliphatic heterocycles. The zero-order chi connectivity index (χ0) is 14.3. The summed E-state index contributed by atoms with van der Waals surface area (Å²) < 4.78 is 5.05. The molecule has 0 aromatic carbocycles. The third-order valence-corrected chi connectivity index (χ3v) is 2.86. The van der Waals surface area contributed by atoms with Crippen molar-refractivity contribution in [3.63, 3.8) is 0 Å². The standard InChI is InChI=1S/C13H24ClNO3/c1-10(2)12(17)18-7-6-15(13(3,4)5)9-11(16)8-14/h11,16H,1,6-9H2,2-5H3. The van der Waals surface area contributed by atoms with Gasteiger partial charge in [-0.3, -0.25) is 4.90 Å². The van der Waals surface area contributed by atoms with Crippen molar-refractivity contribution in [1.82, 2.24) is 4.90 Å². The predicted octanol–water partition coefficient (Wildman–Crippen LogP) is 1.81. The first-order valence-corrected chi connectivity index (χ1v) is 6.53. The molecule has 0 amide bonds. The van der Waals surface area contributed by atoms with Crippen LogP contribution in [0.5, 0.6) is 0 Å². The number of hydrogen-bond acceptors (Lipinski definition) is 4. The number of rotatable bonds is 7. The summed E-state index contributed by atoms with van der Waals surface area (Å²) in [6.45, 7) is 12.5. The van der Waals surface area contributed by atoms with E-state index in [0.717, 1.165) is 0 Å². The van der Waals surface area contributed by atoms with Crippen molar-refractivity contribution >= 4 is 17.6 Å². The van der Waals surface area contributed by atoms with Crippen LogP contribution in [0, 0.1) is 0 Å². The summed E-state index contributed by atoms with van der Waals surface area (Å²) in [5.41, 5.74) is 0.265. The molecule has 0 aliphatic rings. The lowest BCUT2D eigenvalue weighted by molar-refractivity contribution is -0.139. The number of hydrogen-bond donors (Lipinski definition) is 1. The predicted molar refractivity (Wildman–Crippen MR) is 73.8 cm³/mol. The van der Waals surface area contributed by atoms with Crippen LogP contribution in [0.4, 0.5) is 0 Å². The van der Waals surface area contributed by atoms with E-state index >= 15 is 0 Å². The van der Waals surface area contributed by atoms with E-state index in [9.17, 15) is 9.90 Å². The maximum Gasteiger partial charge on any atom is 0.333 e. The molecule has 0 aromatic rings. The van der Waals surface area contributed by atoms with Crippen LogP contribution in [-0.2, 0) is 9.53 Å². The van der Waals surface area contributed by atoms with E-state index in [1.165, 1.54) is 0 Å². The van der Waals surface area contributed by atoms with Crippen LogP contribution in [0.15, 0.2) is 12.2 Å². The molecular weight excluding hydrogens is 254 g/mol. The quantitative estimate of drug-likeness (QED) is 0.438. The van der Waals surface area contributed by atoms with Crippen molar-refractivity contribution in [2.24, 2.45) is 0 Å². The van der Waals surface area contributed by atoms with Gasteiger partial charge in [-0.25, -0.2) is 4.79 Å². The molecule has 18 heavy (non-hydrogen) atoms. The molecule has 0 heterocycles. The average molecular weight is 278 g/mol. The smallest absolute Gasteiger partial charge is 0.333 e. The number of carbonyl (C=O) groups is 1. The molecule has 0 fully saturated rings. The van der Waals surface area contributed by atoms with Gasteiger partial charge in [0.05, 0.1) is 6.10 Å². The molecule has 0 saturated carbocycles. The lowest BCUT2D eigenvalue weighted by Crippen LogP contribution is -2.47. The van der Waals surface area contributed by atoms with Gasteiger partial charge in [0, 0.05) is 30.1 Å². The normalized spacial score (nSPS) is 13.5. The molecule has 0 radical (unpaired) electrons. The Bertz CT molecular complexity index is 286. The van der Waals surface area contributed by atoms with Crippen molar-refractivity contribution in [2.75, 3.05) is 25.6 Å². The van der Waals surface area contributed by atoms with Gasteiger partial charge < -0.3 is 9.84 Å². The van der Waals surface area contributed by atoms with Crippen molar-refractivity contribution < 1.29 is 14.6 Å². The fourth-order valence-electron chi connectivity index (χ4n) is 1.38. The topological polar surface area (TPSA) is 49.8 Å². The van der Waals surface area contributed by atoms with Gasteiger partial charge in [0.2, 0.25) is 0 Å². The second-order valence-electron chi connectivity index (χ2n) is 5.34. The highest BCUT2D eigenvalue weighted by Gasteiger charge is 2.23. The Morgan fingerprint density at radius 2 is 2.06 bits per heavy atom. The van der Waals surface area contributed by atoms with Gasteiger partial charge in [-0.15, -0.1) is 11.6 Å². The van der Waals surface area contributed by atoms with Crippen LogP contribution in [0.1, 0.15) is 27.7 Å². The number of nitrogens with zero attached hydrogens (tertiary/aromatic N) is 1. The molecule has 106 valence electrons. The van der Waals surface area contributed by atoms with Gasteiger partial charge in [0.25, 0.3) is 0 Å². The third kappa shape index (κ3) is 6.99. The maximum absolute atomic E-state index is 11.2. The molecule has 0 spiro atoms. The lowest BCUT2D eigenvalue weighted by atomic mass is 10.1. The zero-order valence-corrected chi connectivity index (χ0v) is 12.5. The Hall–Kier alpha value is -0.580. The van der Waals surface area contributed by atoms with Gasteiger partial charge in [0.1, 0.15) is 6.61 Å². The Morgan fingerprint density at radius 1 is 1.50 bits per heavy atom. The van der Waals surface area contributed by atoms with E-state index in [0.29, 0.717) is 18.7 Å². The van der Waals surface area contributed by atoms with Crippen LogP contribution in [-0.4, -0.2) is 53.2 Å². The largest absolute Gasteiger partial charge is 0.461 e. The molecule has 0 saturated heterocycles. The summed E-state index contributed by atoms with van der Waals surface area (Å²) in [7, 11) is 0. The van der Waals surface area contributed by atoms with Crippen molar-refractivity contribution in [1.29, 1.82) is 0 Å². The van der Waals surface area contributed by atoms with E-state index in [4.69, 9.17) is 16.3 Å². The van der Waals surface area contributed by atoms with E-state index < -0.39 is 6.10 Å². The summed E-state index contributed by atoms with van der Waals surface area (Å²) in [4.78, 5) is 13.3. The number of ether oxygens (including phenoxy) is 1. The Labute approximate surface area is 115 Å². The second-order valence-corrected chi connectivity index (χ2v) is 5.65. The molecule has 5 heteroatoms. The summed E-state index contributed by atoms with van der Waals surface area (Å²) in [5, 5.41) is 9.59. The van der Waals surface area contributed by atoms with Crippen molar-refractivity contribution in [2.45, 2.75) is 39.3 Å². The Balaban J connectivity index is 4.27. The highest BCUT2D eigenvalue weighted by Crippen LogP contribution is 2.13. The fourth-order valence-corrected chi connectivity index (χ4v) is 1.47. The van der Waals surface area contributed by atoms with Gasteiger partial charge >= 0.3 is 5.97 Å². The van der Waals surface area contributed by atoms with Crippen LogP contribution in [0.3, 0.4) is 0 Å². The molecule has 1 atom stereocenters. The number of esters is 1. The summed E-state index contributed by atoms with van der Waals surface area (Å²) in [5.74, 6) is -0.195. The molecule has 0 bridgehead atoms. The van der Waals surface area contributed by atoms with Crippen LogP contribution in [0.2, 0.25) is 0 Å². The summed E-state index contributed by atoms with van der Waals surface area (Å²) in [6, 6.07) is 0. The highest BCUT2D eigenvalue weighted by molar-refractivity contribution is 6.18. The van der Waals surface area contributed by atoms with Crippen LogP contribution in [0.25, 0.3) is 0 Å². The molecular formula is C13H24ClNO3. The molecule has 1 unspecified atom stereocenters. The van der Waals surface area contributed by atoms with E-state index in [1.807, 2.05) is 25.7 Å². The fraction of sp³-hybridized carbons (Fsp3) is 0.769. The Morgan fingerprint density at radius 3 is 2.44 bits per heavy atom. The van der Waals surface area contributed by atoms with E-state index in [-0.39, 0.29) is 24.0 Å². The number of aliphatic hydroxyl groups is 1. The van der Waals surface area contributed by atoms with Crippen molar-refractivity contribution in [3.05, 3.63) is 12.2 Å². The zero-order valence-electron chi connectivity index (χ0n) is 11.7. The number of β-amino-alcohol motifs (C(OH)–C–C–N with tert-alkyl or cyclic N) is 1. The molecule has 1 N–H and O–H groups in total. The van der Waals surface area contributed by atoms with Gasteiger partial charge in [-0.05, 0) is 27.7 Å². The number of halogens is 1. The van der Waals surface area contributed by atoms with Gasteiger partial charge in [-0.2, -0.15) is 0 Å². The first kappa shape index (κ1) is 17.4. The minimum atomic E-state index is -0.581. The monoisotopic (exact) mass is 277 g/mol. The van der Waals surface area contributed by atoms with E-state index in [1.54, 1.807) is 6.92 Å². The van der Waals surface area contributed by atoms with Crippen LogP contribution >= 0.6 is 11.6 Å². The summed E-state index contributed by atoms with van der Waals surface area (Å²) >= 11 is 5.60. The Kier molecular flexibility index (Phi) is 7.52. The number of alkyl halides is 1. The molecule has 0 rings (SSSR count). The maximum atomic E-state index is 11.2. The van der Waals surface area contributed by atoms with Gasteiger partial charge in [-0.1, -0.05) is 6.58 Å². The van der Waals surface area contributed by atoms with Crippen molar-refractivity contribution in [3.8, 4) is 0 Å². The molecule has 0 aromatic heterocycles. The highest BCUT2D eigenvalue weighted by atomic mass is 35.5. The molecule has 0 aliphatic carbocycles. The lowest BCUT2D eigenvalue weighted by Gasteiger charge is -2.36. The minimum Gasteiger partial charge on any atom is -0.461 e. The SMILES string of the molecule is C=C(C)C(=O)OCCN(CC(O)CCl)C(C)(C)C. The minimum absolute atomic E-state index is 0.122. The van der Waals surface area contributed by atoms with E-state index in [2.05, 4.69) is 6.58 Å². The second kappa shape index (κ2) is 7.77. The number of aliphatic hydroxyl groups excluding tert-OH is 1. The first-order valence-electron chi connectivity index (χ1n) is 6.00. The third-order valence-electron chi connectivity index (χ3n) is 2.50. The summed E-state index contributed by atoms with van der Waals surface area (Å²) in [6.07, 6.45) is -0.581. The van der Waals surface area contributed by atoms with Crippen LogP contribution < -0.4 is 0 Å². The number of carbonyl (C=O) groups excluding carboxylic acids is 1. The molecule has 4 nitrogen and oxygen atoms in total.